The van der Waals surface area contributed by atoms with Crippen molar-refractivity contribution in [2.75, 3.05) is 19.1 Å². The number of amidine groups is 1. The number of nitrogens with two attached hydrogens (primary N) is 3. The van der Waals surface area contributed by atoms with Gasteiger partial charge in [0.1, 0.15) is 17.8 Å². The van der Waals surface area contributed by atoms with E-state index >= 15 is 0 Å². The number of rotatable bonds is 7. The maximum Gasteiger partial charge on any atom is 1.00 e. The van der Waals surface area contributed by atoms with Crippen molar-refractivity contribution in [3.63, 3.8) is 0 Å². The molecule has 0 atom stereocenters. The number of nitrogens with zero attached hydrogens (tertiary/aromatic N) is 3. The number of thioether (sulfide) groups is 1. The smallest absolute Gasteiger partial charge is 0.549 e. The maximum atomic E-state index is 12.4. The van der Waals surface area contributed by atoms with Gasteiger partial charge in [0.05, 0.1) is 27.8 Å². The normalized spacial score (nSPS) is 12.9. The van der Waals surface area contributed by atoms with Gasteiger partial charge >= 0.3 is 41.9 Å². The molecular weight excluding hydrogens is 777 g/mol. The Bertz CT molecular complexity index is 1950. The number of halogens is 7. The zero-order valence-electron chi connectivity index (χ0n) is 26.5. The Kier molecular flexibility index (Phi) is 18.8. The Morgan fingerprint density at radius 1 is 0.885 bits per heavy atom. The first-order valence-electron chi connectivity index (χ1n) is 13.5. The summed E-state index contributed by atoms with van der Waals surface area (Å²) in [4.78, 5) is 43.4. The summed E-state index contributed by atoms with van der Waals surface area (Å²) in [6.07, 6.45) is -3.93. The van der Waals surface area contributed by atoms with Gasteiger partial charge in [-0.2, -0.15) is 31.3 Å². The number of fused-ring (bicyclic) bond motifs is 2. The quantitative estimate of drug-likeness (QED) is 0.0602. The van der Waals surface area contributed by atoms with Crippen molar-refractivity contribution in [3.8, 4) is 11.5 Å². The molecule has 52 heavy (non-hydrogen) atoms. The van der Waals surface area contributed by atoms with E-state index in [2.05, 4.69) is 50.2 Å². The van der Waals surface area contributed by atoms with Crippen molar-refractivity contribution in [1.29, 1.82) is 0 Å². The molecule has 0 aliphatic carbocycles. The molecule has 0 bridgehead atoms. The minimum absolute atomic E-state index is 0. The molecule has 3 heterocycles. The molecule has 0 saturated carbocycles. The van der Waals surface area contributed by atoms with E-state index in [4.69, 9.17) is 25.1 Å². The standard InChI is InChI=1S/C15H10F3N3O2S.C12H8F3NO2.C2H3ClO2.CH4N2S.Na/c16-15(17,18)7-23-11-3-4-20-10-2-1-8(5-9(10)11)6-12-13(22)21-14(19)24-12;13-12(14,15)7-18-11-3-4-16-10-2-1-8(6-17)5-9(10)11;3-1-2(4)5;2-1(3)4;/h1-6H,7H2,(H2,19,21,22);1-6H,7H2;1H2,(H,4,5);(H4,2,3,4);/q;;;;+1/p-1/b12-6-;;;;. The third kappa shape index (κ3) is 16.9. The van der Waals surface area contributed by atoms with Crippen LogP contribution in [0.1, 0.15) is 15.9 Å². The van der Waals surface area contributed by atoms with Crippen molar-refractivity contribution in [1.82, 2.24) is 9.97 Å². The first-order chi connectivity index (χ1) is 23.8. The molecule has 272 valence electrons. The summed E-state index contributed by atoms with van der Waals surface area (Å²) in [7, 11) is 0. The number of aromatic nitrogens is 2. The number of hydrogen-bond donors (Lipinski definition) is 3. The van der Waals surface area contributed by atoms with Gasteiger partial charge in [-0.15, -0.1) is 11.6 Å². The zero-order chi connectivity index (χ0) is 38.4. The Balaban J connectivity index is 0.000000425. The number of aldehydes is 1. The van der Waals surface area contributed by atoms with Gasteiger partial charge in [0.15, 0.2) is 23.5 Å². The van der Waals surface area contributed by atoms with Crippen molar-refractivity contribution < 1.29 is 84.9 Å². The summed E-state index contributed by atoms with van der Waals surface area (Å²) >= 11 is 9.80. The monoisotopic (exact) mass is 800 g/mol. The second kappa shape index (κ2) is 21.3. The first kappa shape index (κ1) is 45.8. The summed E-state index contributed by atoms with van der Waals surface area (Å²) in [5, 5.41) is 10.1. The number of ether oxygens (including phenoxy) is 2. The van der Waals surface area contributed by atoms with Crippen LogP contribution in [0.3, 0.4) is 0 Å². The van der Waals surface area contributed by atoms with Gasteiger partial charge in [0.25, 0.3) is 5.91 Å². The number of carboxylic acids is 1. The summed E-state index contributed by atoms with van der Waals surface area (Å²) in [6, 6.07) is 12.2. The van der Waals surface area contributed by atoms with E-state index in [9.17, 15) is 35.9 Å². The third-order valence-electron chi connectivity index (χ3n) is 5.41. The average molecular weight is 801 g/mol. The van der Waals surface area contributed by atoms with E-state index in [1.807, 2.05) is 0 Å². The molecule has 0 fully saturated rings. The fraction of sp³-hybridized carbons (Fsp3) is 0.167. The Morgan fingerprint density at radius 3 is 1.67 bits per heavy atom. The molecule has 1 aliphatic heterocycles. The molecule has 4 aromatic rings. The molecule has 5 rings (SSSR count). The molecule has 0 saturated heterocycles. The fourth-order valence-corrected chi connectivity index (χ4v) is 4.27. The van der Waals surface area contributed by atoms with E-state index in [-0.39, 0.29) is 51.3 Å². The number of amides is 1. The molecule has 1 amide bonds. The molecule has 2 aromatic carbocycles. The predicted octanol–water partition coefficient (Wildman–Crippen LogP) is 1.26. The van der Waals surface area contributed by atoms with E-state index in [1.54, 1.807) is 30.3 Å². The number of aliphatic carboxylic acids is 1. The number of benzene rings is 2. The molecule has 2 aromatic heterocycles. The summed E-state index contributed by atoms with van der Waals surface area (Å²) in [5.74, 6) is -1.97. The van der Waals surface area contributed by atoms with Gasteiger partial charge in [-0.05, 0) is 78.1 Å². The molecule has 6 N–H and O–H groups in total. The van der Waals surface area contributed by atoms with Crippen LogP contribution < -0.4 is 61.3 Å². The maximum absolute atomic E-state index is 12.4. The Morgan fingerprint density at radius 2 is 1.31 bits per heavy atom. The van der Waals surface area contributed by atoms with Crippen LogP contribution in [0.15, 0.2) is 70.8 Å². The number of hydrogen-bond acceptors (Lipinski definition) is 11. The molecule has 22 heteroatoms. The molecule has 0 radical (unpaired) electrons. The minimum atomic E-state index is -4.43. The molecule has 0 unspecified atom stereocenters. The summed E-state index contributed by atoms with van der Waals surface area (Å²) < 4.78 is 82.9. The van der Waals surface area contributed by atoms with E-state index in [0.29, 0.717) is 44.1 Å². The average Bonchev–Trinajstić information content (AvgIpc) is 3.37. The first-order valence-corrected chi connectivity index (χ1v) is 15.3. The molecule has 12 nitrogen and oxygen atoms in total. The van der Waals surface area contributed by atoms with E-state index < -0.39 is 43.3 Å². The second-order valence-corrected chi connectivity index (χ2v) is 11.2. The van der Waals surface area contributed by atoms with Gasteiger partial charge in [-0.25, -0.2) is 0 Å². The second-order valence-electron chi connectivity index (χ2n) is 9.37. The third-order valence-corrected chi connectivity index (χ3v) is 6.44. The van der Waals surface area contributed by atoms with Gasteiger partial charge in [-0.1, -0.05) is 6.07 Å². The summed E-state index contributed by atoms with van der Waals surface area (Å²) in [5.41, 5.74) is 16.6. The molecule has 0 spiro atoms. The number of pyridine rings is 2. The minimum Gasteiger partial charge on any atom is -0.549 e. The van der Waals surface area contributed by atoms with Gasteiger partial charge in [0, 0.05) is 28.7 Å². The van der Waals surface area contributed by atoms with Crippen molar-refractivity contribution in [2.45, 2.75) is 12.4 Å². The zero-order valence-corrected chi connectivity index (χ0v) is 30.9. The van der Waals surface area contributed by atoms with Crippen molar-refractivity contribution >= 4 is 91.9 Å². The topological polar surface area (TPSA) is 209 Å². The SMILES string of the molecule is NC(N)=S.NC1=NC(=O)/C(=C/c2ccc3nccc(OCC(F)(F)F)c3c2)S1.O=C([O-])CCl.O=Cc1ccc2nccc(OCC(F)(F)F)c2c1.[Na+]. The molecule has 1 aliphatic rings. The number of carboxylic acid groups (broad SMARTS) is 1. The molecular formula is C30H24ClF6N6NaO6S2. The van der Waals surface area contributed by atoms with Crippen LogP contribution in [-0.2, 0) is 9.59 Å². The van der Waals surface area contributed by atoms with E-state index in [1.165, 1.54) is 36.7 Å². The van der Waals surface area contributed by atoms with Crippen LogP contribution in [0.2, 0.25) is 0 Å². The van der Waals surface area contributed by atoms with Gasteiger partial charge in [-0.3, -0.25) is 19.6 Å². The van der Waals surface area contributed by atoms with Crippen LogP contribution in [0.25, 0.3) is 27.9 Å². The number of carbonyl (C=O) groups is 3. The Labute approximate surface area is 327 Å². The largest absolute Gasteiger partial charge is 1.00 e. The number of alkyl halides is 7. The van der Waals surface area contributed by atoms with Crippen LogP contribution in [-0.4, -0.2) is 69.9 Å². The van der Waals surface area contributed by atoms with Crippen LogP contribution in [0.5, 0.6) is 11.5 Å². The Hall–Kier alpha value is -4.21. The van der Waals surface area contributed by atoms with Crippen LogP contribution in [0.4, 0.5) is 26.3 Å². The number of thiocarbonyl (C=S) groups is 1. The predicted molar refractivity (Wildman–Crippen MR) is 181 cm³/mol. The summed E-state index contributed by atoms with van der Waals surface area (Å²) in [6.45, 7) is -2.77. The van der Waals surface area contributed by atoms with Crippen LogP contribution >= 0.6 is 35.6 Å². The van der Waals surface area contributed by atoms with Gasteiger partial charge < -0.3 is 36.6 Å². The van der Waals surface area contributed by atoms with E-state index in [0.717, 1.165) is 11.8 Å². The fourth-order valence-electron chi connectivity index (χ4n) is 3.59. The van der Waals surface area contributed by atoms with Gasteiger partial charge in [0.2, 0.25) is 0 Å². The number of aliphatic imine (C=N–C) groups is 1. The van der Waals surface area contributed by atoms with Crippen molar-refractivity contribution in [3.05, 3.63) is 77.0 Å². The van der Waals surface area contributed by atoms with Crippen molar-refractivity contribution in [2.24, 2.45) is 22.2 Å². The number of carbonyl (C=O) groups excluding carboxylic acids is 3. The van der Waals surface area contributed by atoms with Crippen LogP contribution in [0, 0.1) is 0 Å².